The Kier molecular flexibility index (Phi) is 10.4. The van der Waals surface area contributed by atoms with Crippen LogP contribution < -0.4 is 19.5 Å². The molecule has 0 aromatic heterocycles. The van der Waals surface area contributed by atoms with Crippen LogP contribution in [-0.2, 0) is 19.5 Å². The van der Waals surface area contributed by atoms with Crippen molar-refractivity contribution in [1.82, 2.24) is 15.1 Å². The van der Waals surface area contributed by atoms with Crippen LogP contribution in [0.1, 0.15) is 16.7 Å². The van der Waals surface area contributed by atoms with E-state index in [1.165, 1.54) is 11.1 Å². The molecule has 0 amide bonds. The predicted octanol–water partition coefficient (Wildman–Crippen LogP) is 3.40. The molecule has 1 aliphatic heterocycles. The average Bonchev–Trinajstić information content (AvgIpc) is 2.78. The smallest absolute Gasteiger partial charge is 0.194 e. The number of hydrogen-bond donors (Lipinski definition) is 1. The van der Waals surface area contributed by atoms with Crippen LogP contribution in [0.4, 0.5) is 0 Å². The highest BCUT2D eigenvalue weighted by atomic mass is 127. The van der Waals surface area contributed by atoms with Crippen LogP contribution in [-0.4, -0.2) is 70.8 Å². The maximum absolute atomic E-state index is 5.85. The van der Waals surface area contributed by atoms with E-state index in [1.807, 2.05) is 33.3 Å². The number of fused-ring (bicyclic) bond motifs is 1. The first-order valence-corrected chi connectivity index (χ1v) is 10.6. The van der Waals surface area contributed by atoms with Gasteiger partial charge < -0.3 is 29.3 Å². The number of nitrogens with zero attached hydrogens (tertiary/aromatic N) is 3. The van der Waals surface area contributed by atoms with E-state index in [2.05, 4.69) is 44.4 Å². The van der Waals surface area contributed by atoms with E-state index in [0.717, 1.165) is 54.8 Å². The van der Waals surface area contributed by atoms with Crippen LogP contribution in [0.15, 0.2) is 41.4 Å². The largest absolute Gasteiger partial charge is 0.493 e. The van der Waals surface area contributed by atoms with E-state index in [9.17, 15) is 0 Å². The Labute approximate surface area is 208 Å². The minimum absolute atomic E-state index is 0. The molecule has 8 heteroatoms. The molecule has 0 aliphatic carbocycles. The van der Waals surface area contributed by atoms with Crippen molar-refractivity contribution >= 4 is 29.9 Å². The molecule has 0 saturated carbocycles. The maximum Gasteiger partial charge on any atom is 0.194 e. The summed E-state index contributed by atoms with van der Waals surface area (Å²) in [5, 5.41) is 3.50. The van der Waals surface area contributed by atoms with Gasteiger partial charge in [0.15, 0.2) is 17.5 Å². The predicted molar refractivity (Wildman–Crippen MR) is 140 cm³/mol. The first-order valence-electron chi connectivity index (χ1n) is 10.6. The summed E-state index contributed by atoms with van der Waals surface area (Å²) >= 11 is 0. The lowest BCUT2D eigenvalue weighted by molar-refractivity contribution is 0.261. The van der Waals surface area contributed by atoms with Crippen LogP contribution in [0.3, 0.4) is 0 Å². The van der Waals surface area contributed by atoms with E-state index in [0.29, 0.717) is 13.2 Å². The van der Waals surface area contributed by atoms with Crippen LogP contribution in [0.2, 0.25) is 0 Å². The average molecular weight is 554 g/mol. The van der Waals surface area contributed by atoms with Crippen molar-refractivity contribution in [2.24, 2.45) is 4.99 Å². The van der Waals surface area contributed by atoms with Gasteiger partial charge in [-0.15, -0.1) is 24.0 Å². The Morgan fingerprint density at radius 1 is 1.09 bits per heavy atom. The molecule has 3 rings (SSSR count). The molecular weight excluding hydrogens is 519 g/mol. The molecule has 0 atom stereocenters. The van der Waals surface area contributed by atoms with E-state index < -0.39 is 0 Å². The molecule has 1 heterocycles. The summed E-state index contributed by atoms with van der Waals surface area (Å²) in [6.07, 6.45) is 0.936. The summed E-state index contributed by atoms with van der Waals surface area (Å²) in [6.45, 7) is 3.93. The van der Waals surface area contributed by atoms with E-state index in [4.69, 9.17) is 14.2 Å². The lowest BCUT2D eigenvalue weighted by Crippen LogP contribution is -2.43. The highest BCUT2D eigenvalue weighted by molar-refractivity contribution is 14.0. The molecule has 1 N–H and O–H groups in total. The van der Waals surface area contributed by atoms with Gasteiger partial charge in [-0.3, -0.25) is 4.99 Å². The lowest BCUT2D eigenvalue weighted by Gasteiger charge is -2.32. The van der Waals surface area contributed by atoms with Gasteiger partial charge in [0.2, 0.25) is 0 Å². The van der Waals surface area contributed by atoms with E-state index in [-0.39, 0.29) is 24.0 Å². The van der Waals surface area contributed by atoms with Crippen molar-refractivity contribution < 1.29 is 14.2 Å². The zero-order valence-electron chi connectivity index (χ0n) is 19.7. The van der Waals surface area contributed by atoms with Crippen LogP contribution in [0, 0.1) is 0 Å². The van der Waals surface area contributed by atoms with Gasteiger partial charge in [-0.2, -0.15) is 0 Å². The molecule has 1 aliphatic rings. The standard InChI is InChI=1S/C24H34N4O3.HI/c1-25-24(26-16-18-7-6-8-21(13-18)31-12-11-27(2)3)28-10-9-19-14-22(29-4)23(30-5)15-20(19)17-28;/h6-8,13-15H,9-12,16-17H2,1-5H3,(H,25,26);1H. The molecule has 176 valence electrons. The third-order valence-electron chi connectivity index (χ3n) is 5.39. The van der Waals surface area contributed by atoms with Crippen LogP contribution >= 0.6 is 24.0 Å². The van der Waals surface area contributed by atoms with Gasteiger partial charge in [0.25, 0.3) is 0 Å². The second-order valence-electron chi connectivity index (χ2n) is 7.85. The molecule has 0 radical (unpaired) electrons. The number of aliphatic imine (C=N–C) groups is 1. The Morgan fingerprint density at radius 3 is 2.47 bits per heavy atom. The zero-order chi connectivity index (χ0) is 22.2. The molecule has 0 unspecified atom stereocenters. The Balaban J connectivity index is 0.00000363. The van der Waals surface area contributed by atoms with Gasteiger partial charge in [-0.1, -0.05) is 12.1 Å². The molecular formula is C24H35IN4O3. The minimum Gasteiger partial charge on any atom is -0.493 e. The van der Waals surface area contributed by atoms with Crippen molar-refractivity contribution in [1.29, 1.82) is 0 Å². The number of halogens is 1. The molecule has 0 bridgehead atoms. The van der Waals surface area contributed by atoms with Crippen LogP contribution in [0.25, 0.3) is 0 Å². The van der Waals surface area contributed by atoms with Crippen molar-refractivity contribution in [2.45, 2.75) is 19.5 Å². The van der Waals surface area contributed by atoms with E-state index >= 15 is 0 Å². The summed E-state index contributed by atoms with van der Waals surface area (Å²) < 4.78 is 16.8. The number of methoxy groups -OCH3 is 2. The number of likely N-dealkylation sites (N-methyl/N-ethyl adjacent to an activating group) is 1. The van der Waals surface area contributed by atoms with Crippen molar-refractivity contribution in [3.05, 3.63) is 53.1 Å². The summed E-state index contributed by atoms with van der Waals surface area (Å²) in [5.41, 5.74) is 3.70. The van der Waals surface area contributed by atoms with Crippen molar-refractivity contribution in [3.63, 3.8) is 0 Å². The normalized spacial score (nSPS) is 13.3. The van der Waals surface area contributed by atoms with Crippen LogP contribution in [0.5, 0.6) is 17.2 Å². The Morgan fingerprint density at radius 2 is 1.81 bits per heavy atom. The fourth-order valence-electron chi connectivity index (χ4n) is 3.67. The number of ether oxygens (including phenoxy) is 3. The molecule has 7 nitrogen and oxygen atoms in total. The number of rotatable bonds is 8. The number of hydrogen-bond acceptors (Lipinski definition) is 5. The van der Waals surface area contributed by atoms with Gasteiger partial charge in [-0.05, 0) is 61.5 Å². The Hall–Kier alpha value is -2.20. The fourth-order valence-corrected chi connectivity index (χ4v) is 3.67. The van der Waals surface area contributed by atoms with Crippen molar-refractivity contribution in [2.75, 3.05) is 55.1 Å². The van der Waals surface area contributed by atoms with Gasteiger partial charge in [-0.25, -0.2) is 0 Å². The highest BCUT2D eigenvalue weighted by Gasteiger charge is 2.21. The summed E-state index contributed by atoms with van der Waals surface area (Å²) in [6, 6.07) is 12.4. The van der Waals surface area contributed by atoms with Crippen molar-refractivity contribution in [3.8, 4) is 17.2 Å². The van der Waals surface area contributed by atoms with Gasteiger partial charge in [0, 0.05) is 33.2 Å². The van der Waals surface area contributed by atoms with Gasteiger partial charge in [0.05, 0.1) is 14.2 Å². The molecule has 2 aromatic rings. The zero-order valence-corrected chi connectivity index (χ0v) is 22.0. The number of guanidine groups is 1. The topological polar surface area (TPSA) is 58.6 Å². The third-order valence-corrected chi connectivity index (χ3v) is 5.39. The second kappa shape index (κ2) is 12.7. The highest BCUT2D eigenvalue weighted by Crippen LogP contribution is 2.33. The number of nitrogens with one attached hydrogen (secondary N) is 1. The first-order chi connectivity index (χ1) is 15.0. The summed E-state index contributed by atoms with van der Waals surface area (Å²) in [7, 11) is 9.26. The quantitative estimate of drug-likeness (QED) is 0.307. The fraction of sp³-hybridized carbons (Fsp3) is 0.458. The second-order valence-corrected chi connectivity index (χ2v) is 7.85. The van der Waals surface area contributed by atoms with Gasteiger partial charge in [0.1, 0.15) is 12.4 Å². The molecule has 0 fully saturated rings. The summed E-state index contributed by atoms with van der Waals surface area (Å²) in [5.74, 6) is 3.32. The SMILES string of the molecule is CN=C(NCc1cccc(OCCN(C)C)c1)N1CCc2cc(OC)c(OC)cc2C1.I. The molecule has 0 saturated heterocycles. The van der Waals surface area contributed by atoms with E-state index in [1.54, 1.807) is 14.2 Å². The lowest BCUT2D eigenvalue weighted by atomic mass is 9.99. The molecule has 2 aromatic carbocycles. The molecule has 32 heavy (non-hydrogen) atoms. The third kappa shape index (κ3) is 6.90. The maximum atomic E-state index is 5.85. The number of benzene rings is 2. The monoisotopic (exact) mass is 554 g/mol. The minimum atomic E-state index is 0. The van der Waals surface area contributed by atoms with Gasteiger partial charge >= 0.3 is 0 Å². The molecule has 0 spiro atoms. The first kappa shape index (κ1) is 26.1. The Bertz CT molecular complexity index is 905. The summed E-state index contributed by atoms with van der Waals surface area (Å²) in [4.78, 5) is 8.88.